The fourth-order valence-corrected chi connectivity index (χ4v) is 3.23. The Kier molecular flexibility index (Phi) is 2.30. The molecular weight excluding hydrogens is 320 g/mol. The van der Waals surface area contributed by atoms with Gasteiger partial charge in [-0.05, 0) is 11.6 Å². The van der Waals surface area contributed by atoms with Crippen molar-refractivity contribution in [1.82, 2.24) is 4.65 Å². The highest BCUT2D eigenvalue weighted by Gasteiger charge is 2.54. The molecule has 2 aromatic carbocycles. The third kappa shape index (κ3) is 1.42. The number of nitrogens with zero attached hydrogens (tertiary/aromatic N) is 2. The Labute approximate surface area is 123 Å². The summed E-state index contributed by atoms with van der Waals surface area (Å²) < 4.78 is 0.841. The Bertz CT molecular complexity index is 800. The van der Waals surface area contributed by atoms with E-state index in [4.69, 9.17) is 0 Å². The van der Waals surface area contributed by atoms with Crippen molar-refractivity contribution in [3.8, 4) is 0 Å². The fourth-order valence-electron chi connectivity index (χ4n) is 2.89. The van der Waals surface area contributed by atoms with E-state index in [9.17, 15) is 10.1 Å². The quantitative estimate of drug-likeness (QED) is 0.413. The summed E-state index contributed by atoms with van der Waals surface area (Å²) in [5.74, 6) is 0.233. The summed E-state index contributed by atoms with van der Waals surface area (Å²) in [6.07, 6.45) is 1.70. The Morgan fingerprint density at radius 2 is 2.00 bits per heavy atom. The van der Waals surface area contributed by atoms with Crippen molar-refractivity contribution in [3.05, 3.63) is 74.0 Å². The zero-order valence-electron chi connectivity index (χ0n) is 10.4. The maximum atomic E-state index is 13.2. The smallest absolute Gasteiger partial charge is 0.429 e. The molecule has 0 bridgehead atoms. The highest BCUT2D eigenvalue weighted by molar-refractivity contribution is 9.10. The predicted octanol–water partition coefficient (Wildman–Crippen LogP) is 4.19. The molecule has 0 saturated carbocycles. The fraction of sp³-hybridized carbons (Fsp3) is 0.0667. The molecule has 2 heterocycles. The van der Waals surface area contributed by atoms with Gasteiger partial charge in [-0.1, -0.05) is 40.2 Å². The SMILES string of the molecule is O=[N+]1C2=Cc3ccccc3C[N+]2([O-])c2ccc(Br)cc21. The van der Waals surface area contributed by atoms with Crippen molar-refractivity contribution in [2.24, 2.45) is 0 Å². The molecule has 1 atom stereocenters. The first-order valence-electron chi connectivity index (χ1n) is 6.26. The average molecular weight is 330 g/mol. The second kappa shape index (κ2) is 3.85. The number of quaternary nitrogens is 1. The van der Waals surface area contributed by atoms with Crippen molar-refractivity contribution in [2.75, 3.05) is 0 Å². The third-order valence-electron chi connectivity index (χ3n) is 3.86. The molecule has 5 heteroatoms. The number of hydrogen-bond donors (Lipinski definition) is 0. The highest BCUT2D eigenvalue weighted by atomic mass is 79.9. The lowest BCUT2D eigenvalue weighted by Crippen LogP contribution is -2.41. The summed E-state index contributed by atoms with van der Waals surface area (Å²) in [6.45, 7) is 0.259. The molecule has 4 rings (SSSR count). The summed E-state index contributed by atoms with van der Waals surface area (Å²) in [5.41, 5.74) is 2.84. The van der Waals surface area contributed by atoms with Crippen molar-refractivity contribution in [2.45, 2.75) is 6.54 Å². The average Bonchev–Trinajstić information content (AvgIpc) is 2.65. The molecule has 0 aliphatic carbocycles. The molecule has 98 valence electrons. The van der Waals surface area contributed by atoms with Crippen LogP contribution in [0.1, 0.15) is 11.1 Å². The maximum absolute atomic E-state index is 13.2. The Balaban J connectivity index is 2.00. The molecule has 4 nitrogen and oxygen atoms in total. The first kappa shape index (κ1) is 12.0. The molecule has 0 saturated heterocycles. The van der Waals surface area contributed by atoms with Crippen molar-refractivity contribution in [1.29, 1.82) is 0 Å². The Morgan fingerprint density at radius 1 is 1.20 bits per heavy atom. The predicted molar refractivity (Wildman–Crippen MR) is 80.7 cm³/mol. The Hall–Kier alpha value is -1.82. The molecule has 0 fully saturated rings. The van der Waals surface area contributed by atoms with Gasteiger partial charge in [0.05, 0.1) is 6.08 Å². The van der Waals surface area contributed by atoms with E-state index in [1.807, 2.05) is 24.3 Å². The van der Waals surface area contributed by atoms with E-state index in [2.05, 4.69) is 15.9 Å². The van der Waals surface area contributed by atoms with Gasteiger partial charge in [0.1, 0.15) is 11.3 Å². The summed E-state index contributed by atoms with van der Waals surface area (Å²) in [5, 5.41) is 13.2. The molecule has 1 unspecified atom stereocenters. The highest BCUT2D eigenvalue weighted by Crippen LogP contribution is 2.49. The van der Waals surface area contributed by atoms with Gasteiger partial charge in [0, 0.05) is 27.1 Å². The van der Waals surface area contributed by atoms with Gasteiger partial charge in [-0.15, -0.1) is 0 Å². The van der Waals surface area contributed by atoms with E-state index in [-0.39, 0.29) is 12.4 Å². The summed E-state index contributed by atoms with van der Waals surface area (Å²) in [6, 6.07) is 12.9. The largest absolute Gasteiger partial charge is 0.617 e. The van der Waals surface area contributed by atoms with E-state index < -0.39 is 4.65 Å². The molecule has 0 amide bonds. The minimum absolute atomic E-state index is 0.233. The van der Waals surface area contributed by atoms with E-state index in [0.29, 0.717) is 11.4 Å². The van der Waals surface area contributed by atoms with Crippen LogP contribution >= 0.6 is 15.9 Å². The molecule has 0 radical (unpaired) electrons. The number of rotatable bonds is 0. The van der Waals surface area contributed by atoms with E-state index in [1.165, 1.54) is 0 Å². The molecule has 2 aromatic rings. The second-order valence-electron chi connectivity index (χ2n) is 5.03. The number of benzene rings is 2. The lowest BCUT2D eigenvalue weighted by atomic mass is 10.0. The van der Waals surface area contributed by atoms with E-state index in [0.717, 1.165) is 20.4 Å². The second-order valence-corrected chi connectivity index (χ2v) is 5.94. The van der Waals surface area contributed by atoms with Gasteiger partial charge in [-0.3, -0.25) is 0 Å². The number of hydroxylamine groups is 2. The van der Waals surface area contributed by atoms with Crippen LogP contribution in [-0.4, -0.2) is 4.76 Å². The molecule has 0 N–H and O–H groups in total. The van der Waals surface area contributed by atoms with Gasteiger partial charge in [-0.25, -0.2) is 4.65 Å². The summed E-state index contributed by atoms with van der Waals surface area (Å²) in [4.78, 5) is 12.4. The van der Waals surface area contributed by atoms with Crippen molar-refractivity contribution < 1.29 is 4.76 Å². The van der Waals surface area contributed by atoms with Crippen molar-refractivity contribution in [3.63, 3.8) is 0 Å². The van der Waals surface area contributed by atoms with Crippen LogP contribution in [-0.2, 0) is 6.54 Å². The molecule has 2 aliphatic heterocycles. The summed E-state index contributed by atoms with van der Waals surface area (Å²) >= 11 is 3.34. The molecule has 0 aromatic heterocycles. The third-order valence-corrected chi connectivity index (χ3v) is 4.35. The van der Waals surface area contributed by atoms with Crippen LogP contribution in [0.15, 0.2) is 52.8 Å². The van der Waals surface area contributed by atoms with Gasteiger partial charge < -0.3 is 5.21 Å². The topological polar surface area (TPSA) is 43.1 Å². The Morgan fingerprint density at radius 3 is 2.85 bits per heavy atom. The number of fused-ring (bicyclic) bond motifs is 4. The monoisotopic (exact) mass is 329 g/mol. The minimum atomic E-state index is -0.705. The van der Waals surface area contributed by atoms with Crippen LogP contribution in [0.4, 0.5) is 11.4 Å². The van der Waals surface area contributed by atoms with E-state index in [1.54, 1.807) is 24.3 Å². The van der Waals surface area contributed by atoms with Crippen LogP contribution in [0.5, 0.6) is 0 Å². The van der Waals surface area contributed by atoms with Crippen molar-refractivity contribution >= 4 is 33.4 Å². The van der Waals surface area contributed by atoms with Gasteiger partial charge in [-0.2, -0.15) is 0 Å². The normalized spacial score (nSPS) is 22.9. The van der Waals surface area contributed by atoms with Crippen LogP contribution in [0.3, 0.4) is 0 Å². The minimum Gasteiger partial charge on any atom is -0.617 e. The van der Waals surface area contributed by atoms with Crippen LogP contribution in [0.25, 0.3) is 6.08 Å². The molecule has 20 heavy (non-hydrogen) atoms. The first-order chi connectivity index (χ1) is 9.59. The van der Waals surface area contributed by atoms with Crippen LogP contribution < -0.4 is 4.65 Å². The van der Waals surface area contributed by atoms with E-state index >= 15 is 0 Å². The lowest BCUT2D eigenvalue weighted by molar-refractivity contribution is -0.410. The maximum Gasteiger partial charge on any atom is 0.429 e. The molecule has 2 aliphatic rings. The van der Waals surface area contributed by atoms with Crippen LogP contribution in [0.2, 0.25) is 0 Å². The summed E-state index contributed by atoms with van der Waals surface area (Å²) in [7, 11) is 0. The molecular formula is C15H10BrN2O2+. The first-order valence-corrected chi connectivity index (χ1v) is 7.05. The van der Waals surface area contributed by atoms with Gasteiger partial charge in [0.25, 0.3) is 0 Å². The number of halogens is 1. The van der Waals surface area contributed by atoms with Gasteiger partial charge in [0.15, 0.2) is 0 Å². The van der Waals surface area contributed by atoms with Gasteiger partial charge >= 0.3 is 11.5 Å². The standard InChI is InChI=1S/C15H10BrN2O2/c16-12-5-6-14-13(8-12)17(19)15-7-10-3-1-2-4-11(10)9-18(14,15)20/h1-8H,9H2/q+1. The lowest BCUT2D eigenvalue weighted by Gasteiger charge is -2.35. The zero-order chi connectivity index (χ0) is 13.9. The van der Waals surface area contributed by atoms with Gasteiger partial charge in [0.2, 0.25) is 5.69 Å². The molecule has 0 spiro atoms. The number of hydrogen-bond acceptors (Lipinski definition) is 2. The number of nitroso groups, excluding NO2 is 1. The zero-order valence-corrected chi connectivity index (χ0v) is 12.0. The van der Waals surface area contributed by atoms with Crippen LogP contribution in [0, 0.1) is 10.1 Å².